The van der Waals surface area contributed by atoms with Crippen LogP contribution in [0.1, 0.15) is 32.0 Å². The Balaban J connectivity index is 1.60. The first-order valence-electron chi connectivity index (χ1n) is 8.85. The molecule has 2 amide bonds. The molecule has 0 spiro atoms. The van der Waals surface area contributed by atoms with Gasteiger partial charge in [0.05, 0.1) is 11.6 Å². The third-order valence-corrected chi connectivity index (χ3v) is 4.12. The highest BCUT2D eigenvalue weighted by Gasteiger charge is 2.12. The molecule has 7 heteroatoms. The molecule has 2 aromatic carbocycles. The van der Waals surface area contributed by atoms with Crippen molar-refractivity contribution in [3.63, 3.8) is 0 Å². The minimum absolute atomic E-state index is 0.113. The Morgan fingerprint density at radius 2 is 1.83 bits per heavy atom. The molecule has 29 heavy (non-hydrogen) atoms. The van der Waals surface area contributed by atoms with Crippen LogP contribution in [0.15, 0.2) is 66.9 Å². The van der Waals surface area contributed by atoms with Gasteiger partial charge in [-0.05, 0) is 54.4 Å². The van der Waals surface area contributed by atoms with Crippen LogP contribution in [0.3, 0.4) is 0 Å². The number of halogens is 1. The number of hydrogen-bond acceptors (Lipinski definition) is 4. The zero-order valence-corrected chi connectivity index (χ0v) is 15.4. The highest BCUT2D eigenvalue weighted by molar-refractivity contribution is 6.05. The summed E-state index contributed by atoms with van der Waals surface area (Å²) in [5.41, 5.74) is 2.19. The number of benzene rings is 2. The van der Waals surface area contributed by atoms with Gasteiger partial charge in [-0.2, -0.15) is 5.26 Å². The fraction of sp³-hybridized carbons (Fsp3) is 0.0909. The number of anilines is 1. The van der Waals surface area contributed by atoms with Gasteiger partial charge < -0.3 is 10.6 Å². The number of amides is 2. The molecule has 0 radical (unpaired) electrons. The van der Waals surface area contributed by atoms with Crippen molar-refractivity contribution in [2.45, 2.75) is 6.42 Å². The zero-order valence-electron chi connectivity index (χ0n) is 15.4. The molecule has 3 rings (SSSR count). The Kier molecular flexibility index (Phi) is 6.28. The van der Waals surface area contributed by atoms with Crippen LogP contribution in [0.2, 0.25) is 0 Å². The van der Waals surface area contributed by atoms with Crippen molar-refractivity contribution in [1.29, 1.82) is 5.26 Å². The van der Waals surface area contributed by atoms with E-state index >= 15 is 0 Å². The third-order valence-electron chi connectivity index (χ3n) is 4.12. The van der Waals surface area contributed by atoms with Crippen molar-refractivity contribution < 1.29 is 14.0 Å². The van der Waals surface area contributed by atoms with Crippen LogP contribution >= 0.6 is 0 Å². The largest absolute Gasteiger partial charge is 0.350 e. The lowest BCUT2D eigenvalue weighted by atomic mass is 10.1. The first-order chi connectivity index (χ1) is 14.0. The van der Waals surface area contributed by atoms with Crippen molar-refractivity contribution in [3.8, 4) is 6.07 Å². The highest BCUT2D eigenvalue weighted by atomic mass is 19.1. The molecule has 1 aromatic heterocycles. The van der Waals surface area contributed by atoms with Gasteiger partial charge in [-0.1, -0.05) is 18.2 Å². The number of hydrogen-bond donors (Lipinski definition) is 2. The lowest BCUT2D eigenvalue weighted by Gasteiger charge is -2.08. The number of nitrogens with one attached hydrogen (secondary N) is 2. The number of aromatic nitrogens is 1. The Morgan fingerprint density at radius 3 is 2.59 bits per heavy atom. The van der Waals surface area contributed by atoms with Gasteiger partial charge in [0.1, 0.15) is 11.5 Å². The summed E-state index contributed by atoms with van der Waals surface area (Å²) < 4.78 is 12.9. The summed E-state index contributed by atoms with van der Waals surface area (Å²) in [6.45, 7) is 0.351. The predicted molar refractivity (Wildman–Crippen MR) is 106 cm³/mol. The number of rotatable bonds is 6. The summed E-state index contributed by atoms with van der Waals surface area (Å²) in [5, 5.41) is 14.4. The van der Waals surface area contributed by atoms with Crippen molar-refractivity contribution in [3.05, 3.63) is 95.1 Å². The molecule has 0 fully saturated rings. The second kappa shape index (κ2) is 9.24. The standard InChI is InChI=1S/C22H17FN4O2/c23-18-6-4-15(5-7-18)8-10-26-22(29)20-13-17(9-11-25-20)21(28)27-19-3-1-2-16(12-19)14-24/h1-7,9,11-13H,8,10H2,(H,26,29)(H,27,28). The number of pyridine rings is 1. The normalized spacial score (nSPS) is 10.1. The maximum absolute atomic E-state index is 12.9. The summed E-state index contributed by atoms with van der Waals surface area (Å²) >= 11 is 0. The maximum Gasteiger partial charge on any atom is 0.269 e. The molecule has 3 aromatic rings. The Labute approximate surface area is 167 Å². The SMILES string of the molecule is N#Cc1cccc(NC(=O)c2ccnc(C(=O)NCCc3ccc(F)cc3)c2)c1. The fourth-order valence-electron chi connectivity index (χ4n) is 2.63. The monoisotopic (exact) mass is 388 g/mol. The van der Waals surface area contributed by atoms with Crippen LogP contribution in [-0.2, 0) is 6.42 Å². The van der Waals surface area contributed by atoms with E-state index in [9.17, 15) is 14.0 Å². The fourth-order valence-corrected chi connectivity index (χ4v) is 2.63. The number of nitrogens with zero attached hydrogens (tertiary/aromatic N) is 2. The van der Waals surface area contributed by atoms with Crippen molar-refractivity contribution in [1.82, 2.24) is 10.3 Å². The number of carbonyl (C=O) groups excluding carboxylic acids is 2. The van der Waals surface area contributed by atoms with E-state index in [0.29, 0.717) is 24.2 Å². The molecular weight excluding hydrogens is 371 g/mol. The molecule has 0 bridgehead atoms. The molecule has 0 atom stereocenters. The van der Waals surface area contributed by atoms with Crippen LogP contribution < -0.4 is 10.6 Å². The van der Waals surface area contributed by atoms with Crippen molar-refractivity contribution >= 4 is 17.5 Å². The van der Waals surface area contributed by atoms with Gasteiger partial charge in [-0.25, -0.2) is 4.39 Å². The molecule has 1 heterocycles. The minimum atomic E-state index is -0.414. The first-order valence-corrected chi connectivity index (χ1v) is 8.85. The zero-order chi connectivity index (χ0) is 20.6. The summed E-state index contributed by atoms with van der Waals surface area (Å²) in [4.78, 5) is 28.7. The molecule has 144 valence electrons. The van der Waals surface area contributed by atoms with E-state index in [1.165, 1.54) is 30.5 Å². The van der Waals surface area contributed by atoms with E-state index in [0.717, 1.165) is 5.56 Å². The van der Waals surface area contributed by atoms with Gasteiger partial charge in [-0.3, -0.25) is 14.6 Å². The van der Waals surface area contributed by atoms with Crippen LogP contribution in [0, 0.1) is 17.1 Å². The summed E-state index contributed by atoms with van der Waals surface area (Å²) in [7, 11) is 0. The van der Waals surface area contributed by atoms with E-state index in [-0.39, 0.29) is 17.1 Å². The third kappa shape index (κ3) is 5.47. The second-order valence-corrected chi connectivity index (χ2v) is 6.21. The lowest BCUT2D eigenvalue weighted by molar-refractivity contribution is 0.0949. The number of carbonyl (C=O) groups is 2. The van der Waals surface area contributed by atoms with Crippen molar-refractivity contribution in [2.75, 3.05) is 11.9 Å². The van der Waals surface area contributed by atoms with E-state index in [4.69, 9.17) is 5.26 Å². The van der Waals surface area contributed by atoms with Crippen LogP contribution in [0.5, 0.6) is 0 Å². The molecule has 0 unspecified atom stereocenters. The van der Waals surface area contributed by atoms with Crippen molar-refractivity contribution in [2.24, 2.45) is 0 Å². The quantitative estimate of drug-likeness (QED) is 0.677. The van der Waals surface area contributed by atoms with Gasteiger partial charge in [0, 0.05) is 24.0 Å². The van der Waals surface area contributed by atoms with Gasteiger partial charge in [0.2, 0.25) is 0 Å². The van der Waals surface area contributed by atoms with Gasteiger partial charge in [0.25, 0.3) is 11.8 Å². The summed E-state index contributed by atoms with van der Waals surface area (Å²) in [6, 6.07) is 17.5. The van der Waals surface area contributed by atoms with Crippen LogP contribution in [0.4, 0.5) is 10.1 Å². The topological polar surface area (TPSA) is 94.9 Å². The Bertz CT molecular complexity index is 1070. The predicted octanol–water partition coefficient (Wildman–Crippen LogP) is 3.32. The molecule has 2 N–H and O–H groups in total. The van der Waals surface area contributed by atoms with Gasteiger partial charge in [-0.15, -0.1) is 0 Å². The van der Waals surface area contributed by atoms with Crippen LogP contribution in [-0.4, -0.2) is 23.3 Å². The summed E-state index contributed by atoms with van der Waals surface area (Å²) in [6.07, 6.45) is 1.93. The molecule has 6 nitrogen and oxygen atoms in total. The molecule has 0 saturated heterocycles. The van der Waals surface area contributed by atoms with Gasteiger partial charge in [0.15, 0.2) is 0 Å². The Morgan fingerprint density at radius 1 is 1.03 bits per heavy atom. The van der Waals surface area contributed by atoms with E-state index < -0.39 is 11.8 Å². The Hall–Kier alpha value is -4.05. The summed E-state index contributed by atoms with van der Waals surface area (Å²) in [5.74, 6) is -1.13. The minimum Gasteiger partial charge on any atom is -0.350 e. The van der Waals surface area contributed by atoms with E-state index in [1.54, 1.807) is 36.4 Å². The highest BCUT2D eigenvalue weighted by Crippen LogP contribution is 2.12. The lowest BCUT2D eigenvalue weighted by Crippen LogP contribution is -2.27. The number of nitriles is 1. The molecule has 0 aliphatic carbocycles. The molecule has 0 saturated carbocycles. The smallest absolute Gasteiger partial charge is 0.269 e. The molecule has 0 aliphatic heterocycles. The molecular formula is C22H17FN4O2. The van der Waals surface area contributed by atoms with Gasteiger partial charge >= 0.3 is 0 Å². The average molecular weight is 388 g/mol. The van der Waals surface area contributed by atoms with E-state index in [2.05, 4.69) is 15.6 Å². The maximum atomic E-state index is 12.9. The second-order valence-electron chi connectivity index (χ2n) is 6.21. The van der Waals surface area contributed by atoms with E-state index in [1.807, 2.05) is 6.07 Å². The van der Waals surface area contributed by atoms with Crippen LogP contribution in [0.25, 0.3) is 0 Å². The molecule has 0 aliphatic rings. The average Bonchev–Trinajstić information content (AvgIpc) is 2.75. The first kappa shape index (κ1) is 19.7.